The summed E-state index contributed by atoms with van der Waals surface area (Å²) < 4.78 is 0. The fraction of sp³-hybridized carbons (Fsp3) is 0.667. The lowest BCUT2D eigenvalue weighted by Crippen LogP contribution is -2.33. The van der Waals surface area contributed by atoms with Crippen molar-refractivity contribution in [2.24, 2.45) is 10.4 Å². The van der Waals surface area contributed by atoms with Crippen LogP contribution in [0.5, 0.6) is 0 Å². The number of amidine groups is 1. The smallest absolute Gasteiger partial charge is 0.156 e. The summed E-state index contributed by atoms with van der Waals surface area (Å²) >= 11 is 3.59. The zero-order valence-corrected chi connectivity index (χ0v) is 11.4. The maximum absolute atomic E-state index is 4.71. The van der Waals surface area contributed by atoms with Crippen molar-refractivity contribution in [3.63, 3.8) is 0 Å². The van der Waals surface area contributed by atoms with Gasteiger partial charge in [-0.15, -0.1) is 11.3 Å². The van der Waals surface area contributed by atoms with Crippen molar-refractivity contribution >= 4 is 28.3 Å². The lowest BCUT2D eigenvalue weighted by Gasteiger charge is -2.30. The lowest BCUT2D eigenvalue weighted by atomic mass is 9.89. The number of aromatic nitrogens is 1. The van der Waals surface area contributed by atoms with Crippen LogP contribution in [0.25, 0.3) is 0 Å². The first-order valence-corrected chi connectivity index (χ1v) is 8.02. The van der Waals surface area contributed by atoms with Crippen LogP contribution in [0.3, 0.4) is 0 Å². The molecule has 5 heteroatoms. The molecule has 1 saturated carbocycles. The van der Waals surface area contributed by atoms with Gasteiger partial charge in [-0.05, 0) is 18.3 Å². The number of nitrogens with one attached hydrogen (secondary N) is 1. The molecule has 0 saturated heterocycles. The van der Waals surface area contributed by atoms with E-state index in [0.717, 1.165) is 23.3 Å². The second-order valence-corrected chi connectivity index (χ2v) is 6.84. The molecule has 0 atom stereocenters. The summed E-state index contributed by atoms with van der Waals surface area (Å²) in [6.45, 7) is 1.84. The minimum Gasteiger partial charge on any atom is -0.358 e. The van der Waals surface area contributed by atoms with E-state index in [4.69, 9.17) is 4.99 Å². The Hall–Kier alpha value is -0.550. The van der Waals surface area contributed by atoms with Gasteiger partial charge in [0.2, 0.25) is 0 Å². The highest BCUT2D eigenvalue weighted by atomic mass is 32.2. The van der Waals surface area contributed by atoms with E-state index in [-0.39, 0.29) is 0 Å². The first-order valence-electron chi connectivity index (χ1n) is 6.16. The molecule has 92 valence electrons. The van der Waals surface area contributed by atoms with E-state index >= 15 is 0 Å². The van der Waals surface area contributed by atoms with Crippen LogP contribution in [0.2, 0.25) is 0 Å². The molecule has 0 radical (unpaired) electrons. The number of thiazole rings is 1. The molecule has 1 aromatic rings. The first kappa shape index (κ1) is 11.5. The fourth-order valence-electron chi connectivity index (χ4n) is 2.58. The van der Waals surface area contributed by atoms with Crippen LogP contribution in [0, 0.1) is 5.41 Å². The maximum Gasteiger partial charge on any atom is 0.156 e. The predicted molar refractivity (Wildman–Crippen MR) is 74.6 cm³/mol. The van der Waals surface area contributed by atoms with Crippen LogP contribution >= 0.6 is 23.1 Å². The van der Waals surface area contributed by atoms with Crippen molar-refractivity contribution in [2.75, 3.05) is 12.3 Å². The van der Waals surface area contributed by atoms with Crippen LogP contribution in [0.4, 0.5) is 0 Å². The van der Waals surface area contributed by atoms with Crippen molar-refractivity contribution in [1.29, 1.82) is 0 Å². The predicted octanol–water partition coefficient (Wildman–Crippen LogP) is 2.90. The Labute approximate surface area is 110 Å². The zero-order valence-electron chi connectivity index (χ0n) is 9.82. The molecule has 1 fully saturated rings. The molecule has 3 rings (SSSR count). The average molecular weight is 267 g/mol. The van der Waals surface area contributed by atoms with Crippen molar-refractivity contribution in [1.82, 2.24) is 10.3 Å². The lowest BCUT2D eigenvalue weighted by molar-refractivity contribution is 0.358. The second kappa shape index (κ2) is 4.98. The monoisotopic (exact) mass is 267 g/mol. The molecular formula is C12H17N3S2. The summed E-state index contributed by atoms with van der Waals surface area (Å²) in [6.07, 6.45) is 7.41. The molecule has 2 aliphatic rings. The highest BCUT2D eigenvalue weighted by molar-refractivity contribution is 8.13. The van der Waals surface area contributed by atoms with Gasteiger partial charge in [0.05, 0.1) is 6.54 Å². The van der Waals surface area contributed by atoms with Gasteiger partial charge in [0.15, 0.2) is 5.17 Å². The minimum atomic E-state index is 0.539. The van der Waals surface area contributed by atoms with Gasteiger partial charge in [0, 0.05) is 23.9 Å². The third-order valence-corrected chi connectivity index (χ3v) is 5.69. The van der Waals surface area contributed by atoms with Gasteiger partial charge in [-0.25, -0.2) is 4.98 Å². The van der Waals surface area contributed by atoms with Gasteiger partial charge < -0.3 is 5.32 Å². The van der Waals surface area contributed by atoms with E-state index in [1.807, 2.05) is 23.3 Å². The van der Waals surface area contributed by atoms with Crippen LogP contribution in [0.1, 0.15) is 30.7 Å². The Morgan fingerprint density at radius 1 is 1.35 bits per heavy atom. The van der Waals surface area contributed by atoms with Crippen molar-refractivity contribution in [3.8, 4) is 0 Å². The molecule has 1 aromatic heterocycles. The Bertz CT molecular complexity index is 394. The number of hydrogen-bond acceptors (Lipinski definition) is 5. The van der Waals surface area contributed by atoms with Crippen LogP contribution in [0.15, 0.2) is 16.6 Å². The van der Waals surface area contributed by atoms with Gasteiger partial charge in [0.25, 0.3) is 0 Å². The molecule has 17 heavy (non-hydrogen) atoms. The zero-order chi connectivity index (χ0) is 11.6. The molecule has 1 aliphatic carbocycles. The van der Waals surface area contributed by atoms with E-state index in [0.29, 0.717) is 5.41 Å². The van der Waals surface area contributed by atoms with Gasteiger partial charge in [-0.2, -0.15) is 0 Å². The van der Waals surface area contributed by atoms with E-state index < -0.39 is 0 Å². The van der Waals surface area contributed by atoms with Crippen LogP contribution < -0.4 is 5.32 Å². The Kier molecular flexibility index (Phi) is 3.38. The number of aliphatic imine (C=N–C) groups is 1. The Morgan fingerprint density at radius 3 is 2.88 bits per heavy atom. The molecule has 2 heterocycles. The number of rotatable bonds is 2. The molecule has 3 nitrogen and oxygen atoms in total. The summed E-state index contributed by atoms with van der Waals surface area (Å²) in [7, 11) is 0. The summed E-state index contributed by atoms with van der Waals surface area (Å²) in [5.41, 5.74) is 0.539. The number of nitrogens with zero attached hydrogens (tertiary/aromatic N) is 2. The van der Waals surface area contributed by atoms with E-state index in [1.54, 1.807) is 11.3 Å². The van der Waals surface area contributed by atoms with E-state index in [2.05, 4.69) is 10.3 Å². The molecule has 1 spiro atoms. The molecule has 0 aromatic carbocycles. The first-order chi connectivity index (χ1) is 8.36. The van der Waals surface area contributed by atoms with Crippen molar-refractivity contribution in [3.05, 3.63) is 16.6 Å². The van der Waals surface area contributed by atoms with Crippen molar-refractivity contribution in [2.45, 2.75) is 32.2 Å². The molecular weight excluding hydrogens is 250 g/mol. The molecule has 0 bridgehead atoms. The summed E-state index contributed by atoms with van der Waals surface area (Å²) in [5.74, 6) is 1.25. The molecule has 0 amide bonds. The Morgan fingerprint density at radius 2 is 2.24 bits per heavy atom. The van der Waals surface area contributed by atoms with E-state index in [9.17, 15) is 0 Å². The Balaban J connectivity index is 1.54. The SMILES string of the molecule is c1csc(CNC2=NCC3(CCCC3)CS2)n1. The van der Waals surface area contributed by atoms with Gasteiger partial charge in [-0.1, -0.05) is 24.6 Å². The topological polar surface area (TPSA) is 37.3 Å². The standard InChI is InChI=1S/C12H17N3S2/c1-2-4-12(3-1)8-15-11(17-9-12)14-7-10-13-5-6-16-10/h5-6H,1-4,7-9H2,(H,14,15). The van der Waals surface area contributed by atoms with Crippen LogP contribution in [-0.4, -0.2) is 22.4 Å². The van der Waals surface area contributed by atoms with Crippen molar-refractivity contribution < 1.29 is 0 Å². The average Bonchev–Trinajstić information content (AvgIpc) is 3.01. The van der Waals surface area contributed by atoms with Gasteiger partial charge >= 0.3 is 0 Å². The highest BCUT2D eigenvalue weighted by Crippen LogP contribution is 2.43. The largest absolute Gasteiger partial charge is 0.358 e. The summed E-state index contributed by atoms with van der Waals surface area (Å²) in [4.78, 5) is 8.97. The minimum absolute atomic E-state index is 0.539. The maximum atomic E-state index is 4.71. The quantitative estimate of drug-likeness (QED) is 0.895. The van der Waals surface area contributed by atoms with Gasteiger partial charge in [0.1, 0.15) is 5.01 Å². The third kappa shape index (κ3) is 2.65. The molecule has 1 N–H and O–H groups in total. The third-order valence-electron chi connectivity index (χ3n) is 3.61. The number of thioether (sulfide) groups is 1. The molecule has 1 aliphatic heterocycles. The van der Waals surface area contributed by atoms with Gasteiger partial charge in [-0.3, -0.25) is 4.99 Å². The fourth-order valence-corrected chi connectivity index (χ4v) is 4.29. The highest BCUT2D eigenvalue weighted by Gasteiger charge is 2.36. The normalized spacial score (nSPS) is 22.7. The summed E-state index contributed by atoms with van der Waals surface area (Å²) in [6, 6.07) is 0. The van der Waals surface area contributed by atoms with Crippen LogP contribution in [-0.2, 0) is 6.54 Å². The molecule has 0 unspecified atom stereocenters. The second-order valence-electron chi connectivity index (χ2n) is 4.90. The van der Waals surface area contributed by atoms with E-state index in [1.165, 1.54) is 31.4 Å². The summed E-state index contributed by atoms with van der Waals surface area (Å²) in [5, 5.41) is 7.65. The number of hydrogen-bond donors (Lipinski definition) is 1.